The first-order valence-electron chi connectivity index (χ1n) is 7.65. The standard InChI is InChI=1S/C15H32N4O2/c1-10(2)8-12(16)14(20)18-7-6-11(3)9-13(17)15(21)19(4)5/h10-13H,6-9,16-17H2,1-5H3,(H,18,20)/t11?,12-,13-/m0/s1. The van der Waals surface area contributed by atoms with Gasteiger partial charge in [-0.1, -0.05) is 20.8 Å². The maximum absolute atomic E-state index is 11.8. The topological polar surface area (TPSA) is 101 Å². The van der Waals surface area contributed by atoms with Crippen molar-refractivity contribution in [3.05, 3.63) is 0 Å². The van der Waals surface area contributed by atoms with Crippen LogP contribution in [0.3, 0.4) is 0 Å². The van der Waals surface area contributed by atoms with E-state index in [0.717, 1.165) is 6.42 Å². The van der Waals surface area contributed by atoms with Crippen LogP contribution in [0.1, 0.15) is 40.0 Å². The maximum atomic E-state index is 11.8. The predicted octanol–water partition coefficient (Wildman–Crippen LogP) is 0.308. The minimum absolute atomic E-state index is 0.0650. The number of nitrogens with two attached hydrogens (primary N) is 2. The average molecular weight is 300 g/mol. The van der Waals surface area contributed by atoms with Gasteiger partial charge in [0.05, 0.1) is 12.1 Å². The molecule has 6 heteroatoms. The van der Waals surface area contributed by atoms with Crippen LogP contribution in [0.15, 0.2) is 0 Å². The van der Waals surface area contributed by atoms with Crippen LogP contribution < -0.4 is 16.8 Å². The van der Waals surface area contributed by atoms with Crippen LogP contribution in [0.4, 0.5) is 0 Å². The number of hydrogen-bond donors (Lipinski definition) is 3. The lowest BCUT2D eigenvalue weighted by molar-refractivity contribution is -0.130. The lowest BCUT2D eigenvalue weighted by Crippen LogP contribution is -2.43. The number of nitrogens with one attached hydrogen (secondary N) is 1. The molecule has 0 bridgehead atoms. The zero-order valence-electron chi connectivity index (χ0n) is 14.1. The Bertz CT molecular complexity index is 332. The van der Waals surface area contributed by atoms with E-state index in [-0.39, 0.29) is 17.7 Å². The normalized spacial score (nSPS) is 15.4. The minimum atomic E-state index is -0.478. The molecule has 5 N–H and O–H groups in total. The van der Waals surface area contributed by atoms with Crippen LogP contribution in [0.2, 0.25) is 0 Å². The highest BCUT2D eigenvalue weighted by molar-refractivity contribution is 5.81. The summed E-state index contributed by atoms with van der Waals surface area (Å²) in [6, 6.07) is -0.924. The number of carbonyl (C=O) groups excluding carboxylic acids is 2. The molecule has 2 amide bonds. The van der Waals surface area contributed by atoms with Crippen molar-refractivity contribution in [3.8, 4) is 0 Å². The molecule has 0 aliphatic heterocycles. The second kappa shape index (κ2) is 9.73. The highest BCUT2D eigenvalue weighted by Crippen LogP contribution is 2.10. The van der Waals surface area contributed by atoms with Crippen LogP contribution in [0, 0.1) is 11.8 Å². The van der Waals surface area contributed by atoms with Gasteiger partial charge in [-0.3, -0.25) is 9.59 Å². The van der Waals surface area contributed by atoms with E-state index in [4.69, 9.17) is 11.5 Å². The molecule has 3 atom stereocenters. The molecule has 1 unspecified atom stereocenters. The van der Waals surface area contributed by atoms with Crippen LogP contribution in [0.25, 0.3) is 0 Å². The summed E-state index contributed by atoms with van der Waals surface area (Å²) in [4.78, 5) is 24.9. The molecule has 124 valence electrons. The first-order valence-corrected chi connectivity index (χ1v) is 7.65. The van der Waals surface area contributed by atoms with E-state index in [1.54, 1.807) is 14.1 Å². The third kappa shape index (κ3) is 8.67. The summed E-state index contributed by atoms with van der Waals surface area (Å²) in [5.74, 6) is 0.500. The van der Waals surface area contributed by atoms with Gasteiger partial charge in [0.25, 0.3) is 0 Å². The molecule has 0 rings (SSSR count). The highest BCUT2D eigenvalue weighted by atomic mass is 16.2. The molecule has 21 heavy (non-hydrogen) atoms. The van der Waals surface area contributed by atoms with E-state index in [9.17, 15) is 9.59 Å². The molecule has 0 radical (unpaired) electrons. The van der Waals surface area contributed by atoms with Gasteiger partial charge in [-0.25, -0.2) is 0 Å². The fraction of sp³-hybridized carbons (Fsp3) is 0.867. The Hall–Kier alpha value is -1.14. The van der Waals surface area contributed by atoms with Gasteiger partial charge in [0.1, 0.15) is 0 Å². The van der Waals surface area contributed by atoms with Crippen molar-refractivity contribution in [2.45, 2.75) is 52.1 Å². The summed E-state index contributed by atoms with van der Waals surface area (Å²) in [5, 5.41) is 2.84. The molecule has 0 heterocycles. The van der Waals surface area contributed by atoms with E-state index >= 15 is 0 Å². The molecule has 0 aliphatic rings. The Balaban J connectivity index is 3.96. The molecule has 0 aliphatic carbocycles. The van der Waals surface area contributed by atoms with Crippen LogP contribution in [0.5, 0.6) is 0 Å². The lowest BCUT2D eigenvalue weighted by atomic mass is 9.98. The van der Waals surface area contributed by atoms with Crippen molar-refractivity contribution in [3.63, 3.8) is 0 Å². The summed E-state index contributed by atoms with van der Waals surface area (Å²) in [7, 11) is 3.40. The van der Waals surface area contributed by atoms with E-state index in [1.807, 2.05) is 20.8 Å². The molecule has 0 aromatic heterocycles. The average Bonchev–Trinajstić information content (AvgIpc) is 2.36. The Morgan fingerprint density at radius 2 is 1.62 bits per heavy atom. The fourth-order valence-electron chi connectivity index (χ4n) is 2.17. The second-order valence-electron chi connectivity index (χ2n) is 6.50. The Morgan fingerprint density at radius 3 is 2.10 bits per heavy atom. The highest BCUT2D eigenvalue weighted by Gasteiger charge is 2.19. The molecule has 0 fully saturated rings. The first kappa shape index (κ1) is 19.9. The summed E-state index contributed by atoms with van der Waals surface area (Å²) < 4.78 is 0. The smallest absolute Gasteiger partial charge is 0.238 e. The van der Waals surface area contributed by atoms with Gasteiger partial charge in [0, 0.05) is 20.6 Å². The third-order valence-corrected chi connectivity index (χ3v) is 3.41. The van der Waals surface area contributed by atoms with Crippen LogP contribution in [-0.2, 0) is 9.59 Å². The van der Waals surface area contributed by atoms with E-state index in [2.05, 4.69) is 5.32 Å². The van der Waals surface area contributed by atoms with Gasteiger partial charge in [-0.15, -0.1) is 0 Å². The molecule has 0 aromatic rings. The number of likely N-dealkylation sites (N-methyl/N-ethyl adjacent to an activating group) is 1. The molecule has 0 spiro atoms. The zero-order valence-corrected chi connectivity index (χ0v) is 14.1. The number of hydrogen-bond acceptors (Lipinski definition) is 4. The number of amides is 2. The molecule has 6 nitrogen and oxygen atoms in total. The van der Waals surface area contributed by atoms with Gasteiger partial charge in [-0.05, 0) is 31.1 Å². The van der Waals surface area contributed by atoms with Crippen molar-refractivity contribution >= 4 is 11.8 Å². The van der Waals surface area contributed by atoms with Crippen molar-refractivity contribution < 1.29 is 9.59 Å². The van der Waals surface area contributed by atoms with Crippen molar-refractivity contribution in [2.24, 2.45) is 23.3 Å². The number of rotatable bonds is 9. The summed E-state index contributed by atoms with van der Waals surface area (Å²) in [5.41, 5.74) is 11.7. The Morgan fingerprint density at radius 1 is 1.05 bits per heavy atom. The monoisotopic (exact) mass is 300 g/mol. The SMILES string of the molecule is CC(C)C[C@H](N)C(=O)NCCC(C)C[C@H](N)C(=O)N(C)C. The second-order valence-corrected chi connectivity index (χ2v) is 6.50. The van der Waals surface area contributed by atoms with Crippen LogP contribution in [-0.4, -0.2) is 49.4 Å². The van der Waals surface area contributed by atoms with Crippen molar-refractivity contribution in [1.29, 1.82) is 0 Å². The van der Waals surface area contributed by atoms with Gasteiger partial charge >= 0.3 is 0 Å². The van der Waals surface area contributed by atoms with E-state index < -0.39 is 12.1 Å². The quantitative estimate of drug-likeness (QED) is 0.570. The van der Waals surface area contributed by atoms with Gasteiger partial charge < -0.3 is 21.7 Å². The number of carbonyl (C=O) groups is 2. The number of nitrogens with zero attached hydrogens (tertiary/aromatic N) is 1. The van der Waals surface area contributed by atoms with Crippen molar-refractivity contribution in [1.82, 2.24) is 10.2 Å². The van der Waals surface area contributed by atoms with Gasteiger partial charge in [0.2, 0.25) is 11.8 Å². The van der Waals surface area contributed by atoms with E-state index in [0.29, 0.717) is 25.3 Å². The summed E-state index contributed by atoms with van der Waals surface area (Å²) in [6.07, 6.45) is 2.09. The largest absolute Gasteiger partial charge is 0.355 e. The third-order valence-electron chi connectivity index (χ3n) is 3.41. The molecule has 0 aromatic carbocycles. The molecule has 0 saturated heterocycles. The van der Waals surface area contributed by atoms with Gasteiger partial charge in [-0.2, -0.15) is 0 Å². The Labute approximate surface area is 128 Å². The van der Waals surface area contributed by atoms with Gasteiger partial charge in [0.15, 0.2) is 0 Å². The summed E-state index contributed by atoms with van der Waals surface area (Å²) in [6.45, 7) is 6.67. The lowest BCUT2D eigenvalue weighted by Gasteiger charge is -2.20. The van der Waals surface area contributed by atoms with E-state index in [1.165, 1.54) is 4.90 Å². The zero-order chi connectivity index (χ0) is 16.6. The maximum Gasteiger partial charge on any atom is 0.238 e. The first-order chi connectivity index (χ1) is 9.65. The molecule has 0 saturated carbocycles. The Kier molecular flexibility index (Phi) is 9.21. The fourth-order valence-corrected chi connectivity index (χ4v) is 2.17. The summed E-state index contributed by atoms with van der Waals surface area (Å²) >= 11 is 0. The molecular formula is C15H32N4O2. The predicted molar refractivity (Wildman–Crippen MR) is 85.5 cm³/mol. The van der Waals surface area contributed by atoms with Crippen LogP contribution >= 0.6 is 0 Å². The minimum Gasteiger partial charge on any atom is -0.355 e. The molecular weight excluding hydrogens is 268 g/mol. The van der Waals surface area contributed by atoms with Crippen molar-refractivity contribution in [2.75, 3.05) is 20.6 Å².